The maximum absolute atomic E-state index is 11.9. The summed E-state index contributed by atoms with van der Waals surface area (Å²) in [5.41, 5.74) is 3.61. The van der Waals surface area contributed by atoms with Crippen LogP contribution in [0, 0.1) is 11.8 Å². The number of methoxy groups -OCH3 is 1. The summed E-state index contributed by atoms with van der Waals surface area (Å²) in [5.74, 6) is 1.95. The standard InChI is InChI=1S/C29H31NO3/c1-28(2,26-6-4-5-17-30-26)33-25-15-13-23(14-16-25)29(19-20-7-10-24(29)18-20)22-11-8-21(9-12-22)27(31)32-3/h4-6,8-9,11-17,20,24H,7,10,18-19H2,1-3H3/t20?,24?,29-/m1/s1. The largest absolute Gasteiger partial charge is 0.482 e. The van der Waals surface area contributed by atoms with Crippen LogP contribution in [0.15, 0.2) is 72.9 Å². The molecule has 2 unspecified atom stereocenters. The number of benzene rings is 2. The number of ether oxygens (including phenoxy) is 2. The number of pyridine rings is 1. The lowest BCUT2D eigenvalue weighted by atomic mass is 9.64. The third-order valence-corrected chi connectivity index (χ3v) is 7.69. The molecule has 2 aliphatic rings. The van der Waals surface area contributed by atoms with Crippen molar-refractivity contribution in [1.29, 1.82) is 0 Å². The van der Waals surface area contributed by atoms with E-state index in [4.69, 9.17) is 9.47 Å². The van der Waals surface area contributed by atoms with Crippen molar-refractivity contribution in [3.05, 3.63) is 95.3 Å². The van der Waals surface area contributed by atoms with Crippen LogP contribution in [0.3, 0.4) is 0 Å². The lowest BCUT2D eigenvalue weighted by Crippen LogP contribution is -2.34. The molecule has 0 radical (unpaired) electrons. The van der Waals surface area contributed by atoms with Gasteiger partial charge in [0.25, 0.3) is 0 Å². The Morgan fingerprint density at radius 1 is 0.970 bits per heavy atom. The first-order valence-electron chi connectivity index (χ1n) is 11.8. The molecule has 0 N–H and O–H groups in total. The van der Waals surface area contributed by atoms with Crippen LogP contribution in [0.5, 0.6) is 5.75 Å². The van der Waals surface area contributed by atoms with Gasteiger partial charge in [0.1, 0.15) is 11.4 Å². The van der Waals surface area contributed by atoms with Crippen LogP contribution in [0.1, 0.15) is 66.7 Å². The summed E-state index contributed by atoms with van der Waals surface area (Å²) in [7, 11) is 1.42. The fourth-order valence-corrected chi connectivity index (χ4v) is 6.11. The molecule has 2 fully saturated rings. The summed E-state index contributed by atoms with van der Waals surface area (Å²) >= 11 is 0. The Morgan fingerprint density at radius 2 is 1.67 bits per heavy atom. The Bertz CT molecular complexity index is 1120. The van der Waals surface area contributed by atoms with Gasteiger partial charge in [0.2, 0.25) is 0 Å². The van der Waals surface area contributed by atoms with Gasteiger partial charge in [-0.05, 0) is 92.5 Å². The molecule has 2 aromatic carbocycles. The van der Waals surface area contributed by atoms with Crippen LogP contribution >= 0.6 is 0 Å². The SMILES string of the molecule is COC(=O)c1ccc([C@@]2(c3ccc(OC(C)(C)c4ccccn4)cc3)CC3CCC2C3)cc1. The van der Waals surface area contributed by atoms with Crippen molar-refractivity contribution < 1.29 is 14.3 Å². The van der Waals surface area contributed by atoms with Gasteiger partial charge in [0, 0.05) is 11.6 Å². The topological polar surface area (TPSA) is 48.4 Å². The Hall–Kier alpha value is -3.14. The molecule has 4 nitrogen and oxygen atoms in total. The summed E-state index contributed by atoms with van der Waals surface area (Å²) < 4.78 is 11.2. The highest BCUT2D eigenvalue weighted by atomic mass is 16.5. The molecule has 2 aliphatic carbocycles. The molecule has 0 aliphatic heterocycles. The molecular weight excluding hydrogens is 410 g/mol. The van der Waals surface area contributed by atoms with Crippen LogP contribution < -0.4 is 4.74 Å². The average Bonchev–Trinajstić information content (AvgIpc) is 3.47. The maximum atomic E-state index is 11.9. The molecule has 33 heavy (non-hydrogen) atoms. The first-order chi connectivity index (χ1) is 15.9. The van der Waals surface area contributed by atoms with Crippen LogP contribution in [-0.4, -0.2) is 18.1 Å². The molecule has 3 aromatic rings. The second-order valence-electron chi connectivity index (χ2n) is 9.97. The van der Waals surface area contributed by atoms with Crippen molar-refractivity contribution in [3.63, 3.8) is 0 Å². The number of hydrogen-bond donors (Lipinski definition) is 0. The molecule has 2 bridgehead atoms. The number of esters is 1. The Labute approximate surface area is 196 Å². The zero-order valence-electron chi connectivity index (χ0n) is 19.6. The number of carbonyl (C=O) groups is 1. The van der Waals surface area contributed by atoms with Crippen molar-refractivity contribution >= 4 is 5.97 Å². The van der Waals surface area contributed by atoms with E-state index in [-0.39, 0.29) is 11.4 Å². The fourth-order valence-electron chi connectivity index (χ4n) is 6.11. The van der Waals surface area contributed by atoms with E-state index in [2.05, 4.69) is 41.4 Å². The van der Waals surface area contributed by atoms with Crippen molar-refractivity contribution in [2.75, 3.05) is 7.11 Å². The van der Waals surface area contributed by atoms with Gasteiger partial charge in [-0.3, -0.25) is 4.98 Å². The minimum absolute atomic E-state index is 0.00734. The highest BCUT2D eigenvalue weighted by molar-refractivity contribution is 5.89. The lowest BCUT2D eigenvalue weighted by molar-refractivity contribution is 0.0600. The van der Waals surface area contributed by atoms with Gasteiger partial charge in [-0.1, -0.05) is 36.8 Å². The number of aromatic nitrogens is 1. The maximum Gasteiger partial charge on any atom is 0.337 e. The lowest BCUT2D eigenvalue weighted by Gasteiger charge is -2.39. The number of carbonyl (C=O) groups excluding carboxylic acids is 1. The number of rotatable bonds is 6. The molecule has 3 atom stereocenters. The van der Waals surface area contributed by atoms with E-state index in [0.717, 1.165) is 23.8 Å². The summed E-state index contributed by atoms with van der Waals surface area (Å²) in [6.45, 7) is 4.09. The summed E-state index contributed by atoms with van der Waals surface area (Å²) in [6.07, 6.45) is 6.83. The Kier molecular flexibility index (Phi) is 5.48. The van der Waals surface area contributed by atoms with Crippen LogP contribution in [0.4, 0.5) is 0 Å². The van der Waals surface area contributed by atoms with Crippen molar-refractivity contribution in [2.24, 2.45) is 11.8 Å². The van der Waals surface area contributed by atoms with Gasteiger partial charge >= 0.3 is 5.97 Å². The third kappa shape index (κ3) is 3.82. The summed E-state index contributed by atoms with van der Waals surface area (Å²) in [6, 6.07) is 22.6. The summed E-state index contributed by atoms with van der Waals surface area (Å²) in [4.78, 5) is 16.4. The third-order valence-electron chi connectivity index (χ3n) is 7.69. The first kappa shape index (κ1) is 21.7. The average molecular weight is 442 g/mol. The van der Waals surface area contributed by atoms with Gasteiger partial charge in [0.05, 0.1) is 18.4 Å². The quantitative estimate of drug-likeness (QED) is 0.422. The zero-order valence-corrected chi connectivity index (χ0v) is 19.6. The molecule has 0 amide bonds. The molecule has 170 valence electrons. The van der Waals surface area contributed by atoms with Gasteiger partial charge < -0.3 is 9.47 Å². The normalized spacial score (nSPS) is 24.0. The molecule has 2 saturated carbocycles. The molecule has 4 heteroatoms. The van der Waals surface area contributed by atoms with E-state index < -0.39 is 5.60 Å². The number of fused-ring (bicyclic) bond motifs is 2. The van der Waals surface area contributed by atoms with Crippen LogP contribution in [-0.2, 0) is 15.8 Å². The summed E-state index contributed by atoms with van der Waals surface area (Å²) in [5, 5.41) is 0. The van der Waals surface area contributed by atoms with Gasteiger partial charge in [-0.15, -0.1) is 0 Å². The van der Waals surface area contributed by atoms with Crippen LogP contribution in [0.2, 0.25) is 0 Å². The minimum Gasteiger partial charge on any atom is -0.482 e. The fraction of sp³-hybridized carbons (Fsp3) is 0.379. The Morgan fingerprint density at radius 3 is 2.21 bits per heavy atom. The van der Waals surface area contributed by atoms with Crippen molar-refractivity contribution in [1.82, 2.24) is 4.98 Å². The van der Waals surface area contributed by atoms with E-state index >= 15 is 0 Å². The van der Waals surface area contributed by atoms with E-state index in [1.165, 1.54) is 37.5 Å². The Balaban J connectivity index is 1.46. The van der Waals surface area contributed by atoms with Crippen molar-refractivity contribution in [3.8, 4) is 5.75 Å². The van der Waals surface area contributed by atoms with Gasteiger partial charge in [-0.25, -0.2) is 4.79 Å². The van der Waals surface area contributed by atoms with E-state index in [0.29, 0.717) is 11.5 Å². The molecular formula is C29H31NO3. The predicted octanol–water partition coefficient (Wildman–Crippen LogP) is 6.29. The minimum atomic E-state index is -0.517. The van der Waals surface area contributed by atoms with Crippen molar-refractivity contribution in [2.45, 2.75) is 50.5 Å². The van der Waals surface area contributed by atoms with Gasteiger partial charge in [-0.2, -0.15) is 0 Å². The number of hydrogen-bond acceptors (Lipinski definition) is 4. The molecule has 5 rings (SSSR count). The second kappa shape index (κ2) is 8.33. The predicted molar refractivity (Wildman–Crippen MR) is 128 cm³/mol. The zero-order chi connectivity index (χ0) is 23.1. The molecule has 1 heterocycles. The first-order valence-corrected chi connectivity index (χ1v) is 11.8. The second-order valence-corrected chi connectivity index (χ2v) is 9.97. The highest BCUT2D eigenvalue weighted by Crippen LogP contribution is 2.60. The van der Waals surface area contributed by atoms with E-state index in [1.807, 2.05) is 44.2 Å². The van der Waals surface area contributed by atoms with Gasteiger partial charge in [0.15, 0.2) is 0 Å². The monoisotopic (exact) mass is 441 g/mol. The highest BCUT2D eigenvalue weighted by Gasteiger charge is 2.52. The smallest absolute Gasteiger partial charge is 0.337 e. The number of nitrogens with zero attached hydrogens (tertiary/aromatic N) is 1. The molecule has 0 saturated heterocycles. The van der Waals surface area contributed by atoms with E-state index in [9.17, 15) is 4.79 Å². The van der Waals surface area contributed by atoms with Crippen LogP contribution in [0.25, 0.3) is 0 Å². The molecule has 1 aromatic heterocycles. The van der Waals surface area contributed by atoms with E-state index in [1.54, 1.807) is 6.20 Å². The molecule has 0 spiro atoms.